The quantitative estimate of drug-likeness (QED) is 0.354. The number of halogens is 1. The van der Waals surface area contributed by atoms with Gasteiger partial charge in [-0.05, 0) is 61.7 Å². The molecule has 42 heavy (non-hydrogen) atoms. The average Bonchev–Trinajstić information content (AvgIpc) is 2.97. The van der Waals surface area contributed by atoms with Crippen LogP contribution < -0.4 is 19.1 Å². The molecule has 224 valence electrons. The van der Waals surface area contributed by atoms with Gasteiger partial charge >= 0.3 is 0 Å². The number of sulfonamides is 1. The van der Waals surface area contributed by atoms with Gasteiger partial charge in [0.25, 0.3) is 10.0 Å². The van der Waals surface area contributed by atoms with Crippen LogP contribution in [-0.4, -0.2) is 57.5 Å². The highest BCUT2D eigenvalue weighted by Crippen LogP contribution is 2.34. The molecule has 0 bridgehead atoms. The Labute approximate surface area is 246 Å². The zero-order valence-corrected chi connectivity index (χ0v) is 25.0. The van der Waals surface area contributed by atoms with Crippen LogP contribution in [0, 0.1) is 18.7 Å². The molecule has 0 unspecified atom stereocenters. The van der Waals surface area contributed by atoms with E-state index in [2.05, 4.69) is 5.32 Å². The van der Waals surface area contributed by atoms with Crippen LogP contribution in [0.15, 0.2) is 71.6 Å². The van der Waals surface area contributed by atoms with E-state index in [9.17, 15) is 22.4 Å². The van der Waals surface area contributed by atoms with Gasteiger partial charge in [-0.3, -0.25) is 13.9 Å². The third-order valence-corrected chi connectivity index (χ3v) is 8.55. The number of carbonyl (C=O) groups is 2. The largest absolute Gasteiger partial charge is 0.486 e. The Morgan fingerprint density at radius 1 is 0.952 bits per heavy atom. The van der Waals surface area contributed by atoms with Crippen molar-refractivity contribution in [3.8, 4) is 11.5 Å². The van der Waals surface area contributed by atoms with Crippen LogP contribution in [0.25, 0.3) is 0 Å². The Morgan fingerprint density at radius 3 is 2.31 bits per heavy atom. The van der Waals surface area contributed by atoms with E-state index in [0.717, 1.165) is 27.6 Å². The Hall–Kier alpha value is -4.12. The summed E-state index contributed by atoms with van der Waals surface area (Å²) in [7, 11) is -4.35. The molecule has 0 saturated carbocycles. The zero-order valence-electron chi connectivity index (χ0n) is 24.2. The monoisotopic (exact) mass is 597 g/mol. The number of rotatable bonds is 11. The predicted molar refractivity (Wildman–Crippen MR) is 157 cm³/mol. The minimum absolute atomic E-state index is 0.0815. The van der Waals surface area contributed by atoms with Gasteiger partial charge in [-0.15, -0.1) is 0 Å². The maximum atomic E-state index is 14.0. The number of ether oxygens (including phenoxy) is 2. The molecule has 0 radical (unpaired) electrons. The highest BCUT2D eigenvalue weighted by Gasteiger charge is 2.33. The number of hydrogen-bond acceptors (Lipinski definition) is 6. The van der Waals surface area contributed by atoms with Gasteiger partial charge in [0.15, 0.2) is 11.5 Å². The van der Waals surface area contributed by atoms with E-state index in [0.29, 0.717) is 18.9 Å². The second-order valence-corrected chi connectivity index (χ2v) is 12.5. The molecule has 1 N–H and O–H groups in total. The molecule has 0 fully saturated rings. The van der Waals surface area contributed by atoms with E-state index >= 15 is 0 Å². The highest BCUT2D eigenvalue weighted by atomic mass is 32.2. The molecule has 3 aromatic rings. The number of fused-ring (bicyclic) bond motifs is 1. The van der Waals surface area contributed by atoms with Gasteiger partial charge in [-0.25, -0.2) is 12.8 Å². The summed E-state index contributed by atoms with van der Waals surface area (Å²) in [6.45, 7) is 7.94. The van der Waals surface area contributed by atoms with Crippen LogP contribution in [0.2, 0.25) is 0 Å². The lowest BCUT2D eigenvalue weighted by molar-refractivity contribution is -0.139. The van der Waals surface area contributed by atoms with Crippen molar-refractivity contribution in [2.75, 3.05) is 30.6 Å². The van der Waals surface area contributed by atoms with Crippen LogP contribution in [-0.2, 0) is 26.2 Å². The molecule has 3 aromatic carbocycles. The fraction of sp³-hybridized carbons (Fsp3) is 0.355. The summed E-state index contributed by atoms with van der Waals surface area (Å²) in [5, 5.41) is 2.86. The third kappa shape index (κ3) is 7.39. The third-order valence-electron chi connectivity index (χ3n) is 6.78. The summed E-state index contributed by atoms with van der Waals surface area (Å²) in [6, 6.07) is 15.7. The number of nitrogens with one attached hydrogen (secondary N) is 1. The van der Waals surface area contributed by atoms with Gasteiger partial charge in [0, 0.05) is 19.2 Å². The van der Waals surface area contributed by atoms with E-state index in [-0.39, 0.29) is 41.3 Å². The first-order valence-electron chi connectivity index (χ1n) is 13.8. The number of aryl methyl sites for hydroxylation is 1. The van der Waals surface area contributed by atoms with Gasteiger partial charge in [-0.1, -0.05) is 43.7 Å². The molecule has 0 spiro atoms. The minimum Gasteiger partial charge on any atom is -0.486 e. The molecule has 1 atom stereocenters. The van der Waals surface area contributed by atoms with Crippen LogP contribution in [0.5, 0.6) is 11.5 Å². The van der Waals surface area contributed by atoms with E-state index in [1.165, 1.54) is 35.2 Å². The smallest absolute Gasteiger partial charge is 0.264 e. The van der Waals surface area contributed by atoms with E-state index in [1.54, 1.807) is 6.92 Å². The summed E-state index contributed by atoms with van der Waals surface area (Å²) in [5.74, 6) is -0.633. The van der Waals surface area contributed by atoms with Crippen molar-refractivity contribution in [3.63, 3.8) is 0 Å². The lowest BCUT2D eigenvalue weighted by Gasteiger charge is -2.32. The number of amides is 2. The van der Waals surface area contributed by atoms with Gasteiger partial charge < -0.3 is 19.7 Å². The highest BCUT2D eigenvalue weighted by molar-refractivity contribution is 7.92. The molecular formula is C31H36FN3O6S. The van der Waals surface area contributed by atoms with Crippen molar-refractivity contribution in [1.82, 2.24) is 10.2 Å². The van der Waals surface area contributed by atoms with Crippen LogP contribution >= 0.6 is 0 Å². The molecule has 0 aliphatic carbocycles. The average molecular weight is 598 g/mol. The van der Waals surface area contributed by atoms with Gasteiger partial charge in [0.2, 0.25) is 11.8 Å². The number of nitrogens with zero attached hydrogens (tertiary/aromatic N) is 2. The molecule has 0 aromatic heterocycles. The summed E-state index contributed by atoms with van der Waals surface area (Å²) in [6.07, 6.45) is 0. The first-order valence-corrected chi connectivity index (χ1v) is 15.2. The Bertz CT molecular complexity index is 1530. The van der Waals surface area contributed by atoms with E-state index in [4.69, 9.17) is 9.47 Å². The lowest BCUT2D eigenvalue weighted by atomic mass is 10.1. The maximum absolute atomic E-state index is 14.0. The first kappa shape index (κ1) is 30.8. The number of benzene rings is 3. The Balaban J connectivity index is 1.71. The van der Waals surface area contributed by atoms with E-state index < -0.39 is 34.3 Å². The van der Waals surface area contributed by atoms with Crippen molar-refractivity contribution >= 4 is 27.5 Å². The van der Waals surface area contributed by atoms with Gasteiger partial charge in [0.05, 0.1) is 10.6 Å². The molecule has 11 heteroatoms. The summed E-state index contributed by atoms with van der Waals surface area (Å²) in [5.41, 5.74) is 1.85. The van der Waals surface area contributed by atoms with E-state index in [1.807, 2.05) is 45.0 Å². The minimum atomic E-state index is -4.35. The lowest BCUT2D eigenvalue weighted by Crippen LogP contribution is -2.51. The zero-order chi connectivity index (χ0) is 30.4. The first-order chi connectivity index (χ1) is 20.0. The molecule has 2 amide bonds. The molecule has 4 rings (SSSR count). The molecular weight excluding hydrogens is 561 g/mol. The second kappa shape index (κ2) is 13.2. The van der Waals surface area contributed by atoms with Crippen molar-refractivity contribution in [1.29, 1.82) is 0 Å². The fourth-order valence-electron chi connectivity index (χ4n) is 4.49. The fourth-order valence-corrected chi connectivity index (χ4v) is 5.92. The summed E-state index contributed by atoms with van der Waals surface area (Å²) >= 11 is 0. The normalized spacial score (nSPS) is 13.4. The predicted octanol–water partition coefficient (Wildman–Crippen LogP) is 4.29. The Kier molecular flexibility index (Phi) is 9.72. The standard InChI is InChI=1S/C31H36FN3O6S/c1-21(2)18-33-31(37)23(4)34(19-24-7-5-6-22(3)16-24)30(36)20-35(26-10-8-25(32)9-11-26)42(38,39)27-12-13-28-29(17-27)41-15-14-40-28/h5-13,16-17,21,23H,14-15,18-20H2,1-4H3,(H,33,37)/t23-/m1/s1. The van der Waals surface area contributed by atoms with Gasteiger partial charge in [-0.2, -0.15) is 0 Å². The van der Waals surface area contributed by atoms with Crippen molar-refractivity contribution in [2.24, 2.45) is 5.92 Å². The number of anilines is 1. The van der Waals surface area contributed by atoms with Crippen molar-refractivity contribution in [3.05, 3.63) is 83.7 Å². The SMILES string of the molecule is Cc1cccc(CN(C(=O)CN(c2ccc(F)cc2)S(=O)(=O)c2ccc3c(c2)OCCO3)[C@H](C)C(=O)NCC(C)C)c1. The van der Waals surface area contributed by atoms with Gasteiger partial charge in [0.1, 0.15) is 31.6 Å². The second-order valence-electron chi connectivity index (χ2n) is 10.6. The topological polar surface area (TPSA) is 105 Å². The maximum Gasteiger partial charge on any atom is 0.264 e. The molecule has 1 aliphatic rings. The summed E-state index contributed by atoms with van der Waals surface area (Å²) < 4.78 is 53.9. The number of carbonyl (C=O) groups excluding carboxylic acids is 2. The van der Waals surface area contributed by atoms with Crippen molar-refractivity contribution < 1.29 is 31.9 Å². The van der Waals surface area contributed by atoms with Crippen LogP contribution in [0.3, 0.4) is 0 Å². The number of hydrogen-bond donors (Lipinski definition) is 1. The van der Waals surface area contributed by atoms with Crippen LogP contribution in [0.1, 0.15) is 31.9 Å². The summed E-state index contributed by atoms with van der Waals surface area (Å²) in [4.78, 5) is 28.3. The Morgan fingerprint density at radius 2 is 1.64 bits per heavy atom. The molecule has 9 nitrogen and oxygen atoms in total. The molecule has 1 aliphatic heterocycles. The van der Waals surface area contributed by atoms with Crippen molar-refractivity contribution in [2.45, 2.75) is 45.2 Å². The van der Waals surface area contributed by atoms with Crippen LogP contribution in [0.4, 0.5) is 10.1 Å². The molecule has 0 saturated heterocycles. The molecule has 1 heterocycles.